The summed E-state index contributed by atoms with van der Waals surface area (Å²) >= 11 is 0.980. The fraction of sp³-hybridized carbons (Fsp3) is 0.185. The van der Waals surface area contributed by atoms with E-state index < -0.39 is 17.5 Å². The lowest BCUT2D eigenvalue weighted by Gasteiger charge is -2.34. The molecule has 0 unspecified atom stereocenters. The maximum atomic E-state index is 14.1. The Labute approximate surface area is 215 Å². The van der Waals surface area contributed by atoms with Gasteiger partial charge in [-0.15, -0.1) is 11.3 Å². The summed E-state index contributed by atoms with van der Waals surface area (Å²) in [6, 6.07) is 14.2. The fourth-order valence-electron chi connectivity index (χ4n) is 4.19. The number of halogens is 2. The number of carbonyl (C=O) groups is 2. The molecule has 1 atom stereocenters. The summed E-state index contributed by atoms with van der Waals surface area (Å²) < 4.78 is 34.0. The minimum absolute atomic E-state index is 0.0331. The minimum Gasteiger partial charge on any atom is -0.457 e. The van der Waals surface area contributed by atoms with Crippen LogP contribution in [0.1, 0.15) is 33.7 Å². The SMILES string of the molecule is O=C(O[C@H]1CCCN(c2ccncc2NC(=O)c2csc(-c3c(F)cccc3F)n2)C1)c1ccccc1. The fourth-order valence-corrected chi connectivity index (χ4v) is 5.03. The molecule has 1 saturated heterocycles. The Morgan fingerprint density at radius 2 is 1.84 bits per heavy atom. The standard InChI is InChI=1S/C27H22F2N4O3S/c28-19-9-4-10-20(29)24(19)26-32-22(16-37-26)25(34)31-21-14-30-12-11-23(21)33-13-5-8-18(15-33)36-27(35)17-6-2-1-3-7-17/h1-4,6-7,9-12,14,16,18H,5,8,13,15H2,(H,31,34)/t18-/m0/s1. The lowest BCUT2D eigenvalue weighted by atomic mass is 10.1. The highest BCUT2D eigenvalue weighted by molar-refractivity contribution is 7.13. The van der Waals surface area contributed by atoms with Crippen molar-refractivity contribution in [1.29, 1.82) is 0 Å². The van der Waals surface area contributed by atoms with Gasteiger partial charge in [0.1, 0.15) is 28.4 Å². The molecular weight excluding hydrogens is 498 g/mol. The Bertz CT molecular complexity index is 1410. The molecule has 0 saturated carbocycles. The number of pyridine rings is 1. The summed E-state index contributed by atoms with van der Waals surface area (Å²) in [5, 5.41) is 4.33. The van der Waals surface area contributed by atoms with Crippen molar-refractivity contribution in [2.24, 2.45) is 0 Å². The number of amides is 1. The van der Waals surface area contributed by atoms with Crippen molar-refractivity contribution in [2.75, 3.05) is 23.3 Å². The van der Waals surface area contributed by atoms with Crippen LogP contribution in [0.3, 0.4) is 0 Å². The highest BCUT2D eigenvalue weighted by atomic mass is 32.1. The zero-order chi connectivity index (χ0) is 25.8. The number of carbonyl (C=O) groups excluding carboxylic acids is 2. The molecule has 4 aromatic rings. The van der Waals surface area contributed by atoms with Gasteiger partial charge in [-0.3, -0.25) is 9.78 Å². The number of hydrogen-bond donors (Lipinski definition) is 1. The van der Waals surface area contributed by atoms with Gasteiger partial charge in [0.25, 0.3) is 5.91 Å². The normalized spacial score (nSPS) is 15.3. The van der Waals surface area contributed by atoms with E-state index in [9.17, 15) is 18.4 Å². The predicted molar refractivity (Wildman–Crippen MR) is 137 cm³/mol. The molecular formula is C27H22F2N4O3S. The number of ether oxygens (including phenoxy) is 1. The molecule has 1 aliphatic rings. The topological polar surface area (TPSA) is 84.4 Å². The van der Waals surface area contributed by atoms with Gasteiger partial charge in [0.2, 0.25) is 0 Å². The molecule has 3 heterocycles. The van der Waals surface area contributed by atoms with E-state index in [0.717, 1.165) is 42.0 Å². The molecule has 1 N–H and O–H groups in total. The van der Waals surface area contributed by atoms with Crippen molar-refractivity contribution < 1.29 is 23.1 Å². The first-order chi connectivity index (χ1) is 18.0. The second-order valence-electron chi connectivity index (χ2n) is 8.46. The van der Waals surface area contributed by atoms with Crippen LogP contribution in [0.2, 0.25) is 0 Å². The number of esters is 1. The Balaban J connectivity index is 1.30. The van der Waals surface area contributed by atoms with Crippen LogP contribution in [0.5, 0.6) is 0 Å². The molecule has 188 valence electrons. The number of aromatic nitrogens is 2. The third-order valence-electron chi connectivity index (χ3n) is 5.96. The zero-order valence-electron chi connectivity index (χ0n) is 19.6. The number of benzene rings is 2. The molecule has 0 aliphatic carbocycles. The summed E-state index contributed by atoms with van der Waals surface area (Å²) in [6.45, 7) is 1.17. The van der Waals surface area contributed by atoms with Gasteiger partial charge in [0.15, 0.2) is 0 Å². The Hall–Kier alpha value is -4.18. The average Bonchev–Trinajstić information content (AvgIpc) is 3.39. The van der Waals surface area contributed by atoms with Crippen molar-refractivity contribution in [3.63, 3.8) is 0 Å². The number of nitrogens with one attached hydrogen (secondary N) is 1. The molecule has 1 aliphatic heterocycles. The smallest absolute Gasteiger partial charge is 0.338 e. The minimum atomic E-state index is -0.747. The number of anilines is 2. The van der Waals surface area contributed by atoms with Crippen LogP contribution in [0, 0.1) is 11.6 Å². The van der Waals surface area contributed by atoms with Gasteiger partial charge in [-0.2, -0.15) is 0 Å². The molecule has 2 aromatic heterocycles. The molecule has 10 heteroatoms. The molecule has 5 rings (SSSR count). The Morgan fingerprint density at radius 3 is 2.62 bits per heavy atom. The van der Waals surface area contributed by atoms with E-state index >= 15 is 0 Å². The molecule has 7 nitrogen and oxygen atoms in total. The van der Waals surface area contributed by atoms with E-state index in [1.807, 2.05) is 11.0 Å². The number of piperidine rings is 1. The number of hydrogen-bond acceptors (Lipinski definition) is 7. The summed E-state index contributed by atoms with van der Waals surface area (Å²) in [7, 11) is 0. The van der Waals surface area contributed by atoms with E-state index in [4.69, 9.17) is 4.74 Å². The van der Waals surface area contributed by atoms with Crippen molar-refractivity contribution in [2.45, 2.75) is 18.9 Å². The average molecular weight is 521 g/mol. The highest BCUT2D eigenvalue weighted by Crippen LogP contribution is 2.31. The molecule has 0 radical (unpaired) electrons. The molecule has 0 spiro atoms. The number of nitrogens with zero attached hydrogens (tertiary/aromatic N) is 3. The largest absolute Gasteiger partial charge is 0.457 e. The van der Waals surface area contributed by atoms with Crippen LogP contribution < -0.4 is 10.2 Å². The Morgan fingerprint density at radius 1 is 1.05 bits per heavy atom. The number of rotatable bonds is 6. The first-order valence-electron chi connectivity index (χ1n) is 11.7. The quantitative estimate of drug-likeness (QED) is 0.335. The maximum absolute atomic E-state index is 14.1. The second kappa shape index (κ2) is 10.8. The first kappa shape index (κ1) is 24.5. The molecule has 0 bridgehead atoms. The molecule has 1 amide bonds. The summed E-state index contributed by atoms with van der Waals surface area (Å²) in [4.78, 5) is 35.8. The first-order valence-corrected chi connectivity index (χ1v) is 12.5. The lowest BCUT2D eigenvalue weighted by Crippen LogP contribution is -2.41. The highest BCUT2D eigenvalue weighted by Gasteiger charge is 2.26. The van der Waals surface area contributed by atoms with Gasteiger partial charge in [0.05, 0.1) is 35.2 Å². The predicted octanol–water partition coefficient (Wildman–Crippen LogP) is 5.56. The third-order valence-corrected chi connectivity index (χ3v) is 6.82. The van der Waals surface area contributed by atoms with E-state index in [1.54, 1.807) is 36.5 Å². The molecule has 1 fully saturated rings. The summed E-state index contributed by atoms with van der Waals surface area (Å²) in [5.74, 6) is -2.40. The van der Waals surface area contributed by atoms with Gasteiger partial charge in [0, 0.05) is 18.1 Å². The molecule has 37 heavy (non-hydrogen) atoms. The molecule has 2 aromatic carbocycles. The van der Waals surface area contributed by atoms with Crippen LogP contribution in [0.15, 0.2) is 72.4 Å². The van der Waals surface area contributed by atoms with Crippen LogP contribution in [0.4, 0.5) is 20.2 Å². The summed E-state index contributed by atoms with van der Waals surface area (Å²) in [6.07, 6.45) is 4.36. The van der Waals surface area contributed by atoms with Gasteiger partial charge >= 0.3 is 5.97 Å². The van der Waals surface area contributed by atoms with Crippen LogP contribution in [-0.2, 0) is 4.74 Å². The Kier molecular flexibility index (Phi) is 7.18. The third kappa shape index (κ3) is 5.49. The van der Waals surface area contributed by atoms with E-state index in [1.165, 1.54) is 17.6 Å². The van der Waals surface area contributed by atoms with Gasteiger partial charge in [-0.1, -0.05) is 24.3 Å². The van der Waals surface area contributed by atoms with E-state index in [-0.39, 0.29) is 28.3 Å². The van der Waals surface area contributed by atoms with Crippen molar-refractivity contribution in [3.8, 4) is 10.6 Å². The van der Waals surface area contributed by atoms with Crippen LogP contribution in [-0.4, -0.2) is 41.0 Å². The van der Waals surface area contributed by atoms with E-state index in [2.05, 4.69) is 15.3 Å². The van der Waals surface area contributed by atoms with Crippen molar-refractivity contribution >= 4 is 34.6 Å². The van der Waals surface area contributed by atoms with Gasteiger partial charge < -0.3 is 15.0 Å². The lowest BCUT2D eigenvalue weighted by molar-refractivity contribution is 0.0270. The van der Waals surface area contributed by atoms with Crippen molar-refractivity contribution in [1.82, 2.24) is 9.97 Å². The van der Waals surface area contributed by atoms with Crippen LogP contribution in [0.25, 0.3) is 10.6 Å². The van der Waals surface area contributed by atoms with E-state index in [0.29, 0.717) is 24.3 Å². The van der Waals surface area contributed by atoms with Gasteiger partial charge in [-0.25, -0.2) is 18.6 Å². The summed E-state index contributed by atoms with van der Waals surface area (Å²) in [5.41, 5.74) is 1.44. The van der Waals surface area contributed by atoms with Crippen molar-refractivity contribution in [3.05, 3.63) is 95.3 Å². The zero-order valence-corrected chi connectivity index (χ0v) is 20.4. The van der Waals surface area contributed by atoms with Crippen LogP contribution >= 0.6 is 11.3 Å². The van der Waals surface area contributed by atoms with Gasteiger partial charge in [-0.05, 0) is 43.2 Å². The second-order valence-corrected chi connectivity index (χ2v) is 9.32. The number of thiazole rings is 1. The maximum Gasteiger partial charge on any atom is 0.338 e. The monoisotopic (exact) mass is 520 g/mol.